The van der Waals surface area contributed by atoms with Gasteiger partial charge in [0.15, 0.2) is 0 Å². The number of carbonyl (C=O) groups is 2. The summed E-state index contributed by atoms with van der Waals surface area (Å²) in [6.45, 7) is 0.654. The van der Waals surface area contributed by atoms with E-state index in [0.717, 1.165) is 36.8 Å². The molecule has 0 atom stereocenters. The van der Waals surface area contributed by atoms with Gasteiger partial charge < -0.3 is 15.4 Å². The largest absolute Gasteiger partial charge is 0.489 e. The van der Waals surface area contributed by atoms with Crippen molar-refractivity contribution in [1.82, 2.24) is 5.32 Å². The number of ether oxygens (including phenoxy) is 1. The Morgan fingerprint density at radius 2 is 1.77 bits per heavy atom. The predicted octanol–water partition coefficient (Wildman–Crippen LogP) is 4.36. The molecule has 0 bridgehead atoms. The summed E-state index contributed by atoms with van der Waals surface area (Å²) in [6, 6.07) is 17.0. The van der Waals surface area contributed by atoms with Gasteiger partial charge in [0, 0.05) is 30.1 Å². The van der Waals surface area contributed by atoms with Gasteiger partial charge in [0.1, 0.15) is 12.4 Å². The molecule has 0 saturated heterocycles. The first-order chi connectivity index (χ1) is 15.2. The highest BCUT2D eigenvalue weighted by Crippen LogP contribution is 2.23. The first-order valence-electron chi connectivity index (χ1n) is 10.9. The Balaban J connectivity index is 1.46. The molecule has 6 nitrogen and oxygen atoms in total. The Labute approximate surface area is 183 Å². The molecule has 3 rings (SSSR count). The number of carbonyl (C=O) groups excluding carboxylic acids is 2. The molecule has 0 aromatic heterocycles. The van der Waals surface area contributed by atoms with Crippen LogP contribution in [-0.4, -0.2) is 18.4 Å². The van der Waals surface area contributed by atoms with Crippen LogP contribution in [0.4, 0.5) is 5.69 Å². The number of hydrogen-bond donors (Lipinski definition) is 2. The highest BCUT2D eigenvalue weighted by atomic mass is 16.5. The Bertz CT molecular complexity index is 912. The van der Waals surface area contributed by atoms with Crippen LogP contribution in [-0.2, 0) is 22.6 Å². The predicted molar refractivity (Wildman–Crippen MR) is 119 cm³/mol. The minimum atomic E-state index is -0.141. The molecule has 1 aliphatic rings. The van der Waals surface area contributed by atoms with Crippen LogP contribution in [0.1, 0.15) is 49.7 Å². The van der Waals surface area contributed by atoms with E-state index < -0.39 is 0 Å². The summed E-state index contributed by atoms with van der Waals surface area (Å²) in [4.78, 5) is 24.6. The molecule has 0 aliphatic heterocycles. The highest BCUT2D eigenvalue weighted by Gasteiger charge is 2.20. The molecule has 0 radical (unpaired) electrons. The fourth-order valence-electron chi connectivity index (χ4n) is 3.75. The standard InChI is InChI=1S/C25H29N3O3/c26-16-14-19-10-12-22(13-11-19)31-18-21-8-4-5-9-23(21)28-24(29)15-17-27-25(30)20-6-2-1-3-7-20/h4-5,8-13,20H,1-3,6-7,14-15,17-18H2,(H,27,30)(H,28,29). The molecule has 1 fully saturated rings. The lowest BCUT2D eigenvalue weighted by Crippen LogP contribution is -2.34. The monoisotopic (exact) mass is 419 g/mol. The Morgan fingerprint density at radius 3 is 2.52 bits per heavy atom. The van der Waals surface area contributed by atoms with Crippen LogP contribution in [0.5, 0.6) is 5.75 Å². The Hall–Kier alpha value is -3.33. The van der Waals surface area contributed by atoms with Gasteiger partial charge in [0.05, 0.1) is 12.5 Å². The minimum Gasteiger partial charge on any atom is -0.489 e. The molecular weight excluding hydrogens is 390 g/mol. The van der Waals surface area contributed by atoms with E-state index >= 15 is 0 Å². The second-order valence-electron chi connectivity index (χ2n) is 7.85. The molecule has 0 unspecified atom stereocenters. The van der Waals surface area contributed by atoms with Crippen molar-refractivity contribution in [3.8, 4) is 11.8 Å². The smallest absolute Gasteiger partial charge is 0.226 e. The first kappa shape index (κ1) is 22.4. The number of para-hydroxylation sites is 1. The average Bonchev–Trinajstić information content (AvgIpc) is 2.80. The van der Waals surface area contributed by atoms with Gasteiger partial charge >= 0.3 is 0 Å². The zero-order chi connectivity index (χ0) is 21.9. The molecule has 1 saturated carbocycles. The van der Waals surface area contributed by atoms with Crippen molar-refractivity contribution in [2.75, 3.05) is 11.9 Å². The van der Waals surface area contributed by atoms with Crippen molar-refractivity contribution < 1.29 is 14.3 Å². The van der Waals surface area contributed by atoms with Crippen LogP contribution in [0.3, 0.4) is 0 Å². The van der Waals surface area contributed by atoms with Gasteiger partial charge in [-0.1, -0.05) is 49.6 Å². The molecule has 0 spiro atoms. The van der Waals surface area contributed by atoms with Crippen molar-refractivity contribution >= 4 is 17.5 Å². The number of benzene rings is 2. The van der Waals surface area contributed by atoms with Crippen LogP contribution in [0.2, 0.25) is 0 Å². The third kappa shape index (κ3) is 7.14. The molecule has 2 aromatic carbocycles. The number of anilines is 1. The molecule has 1 aliphatic carbocycles. The van der Waals surface area contributed by atoms with Crippen molar-refractivity contribution in [1.29, 1.82) is 5.26 Å². The third-order valence-corrected chi connectivity index (χ3v) is 5.52. The zero-order valence-corrected chi connectivity index (χ0v) is 17.7. The fourth-order valence-corrected chi connectivity index (χ4v) is 3.75. The summed E-state index contributed by atoms with van der Waals surface area (Å²) in [5.74, 6) is 0.733. The summed E-state index contributed by atoms with van der Waals surface area (Å²) in [5, 5.41) is 14.6. The average molecular weight is 420 g/mol. The van der Waals surface area contributed by atoms with Gasteiger partial charge in [-0.05, 0) is 36.6 Å². The molecular formula is C25H29N3O3. The van der Waals surface area contributed by atoms with Gasteiger partial charge in [-0.25, -0.2) is 0 Å². The SMILES string of the molecule is N#CCc1ccc(OCc2ccccc2NC(=O)CCNC(=O)C2CCCCC2)cc1. The van der Waals surface area contributed by atoms with E-state index in [1.165, 1.54) is 6.42 Å². The molecule has 31 heavy (non-hydrogen) atoms. The maximum Gasteiger partial charge on any atom is 0.226 e. The molecule has 2 aromatic rings. The van der Waals surface area contributed by atoms with Crippen LogP contribution in [0.25, 0.3) is 0 Å². The van der Waals surface area contributed by atoms with E-state index in [-0.39, 0.29) is 24.2 Å². The van der Waals surface area contributed by atoms with E-state index in [4.69, 9.17) is 10.00 Å². The van der Waals surface area contributed by atoms with E-state index in [2.05, 4.69) is 16.7 Å². The van der Waals surface area contributed by atoms with Gasteiger partial charge in [-0.3, -0.25) is 9.59 Å². The number of rotatable bonds is 9. The summed E-state index contributed by atoms with van der Waals surface area (Å²) in [5.41, 5.74) is 2.51. The van der Waals surface area contributed by atoms with E-state index in [1.807, 2.05) is 48.5 Å². The lowest BCUT2D eigenvalue weighted by molar-refractivity contribution is -0.126. The second kappa shape index (κ2) is 11.8. The number of nitrogens with zero attached hydrogens (tertiary/aromatic N) is 1. The van der Waals surface area contributed by atoms with Crippen LogP contribution in [0, 0.1) is 17.2 Å². The summed E-state index contributed by atoms with van der Waals surface area (Å²) < 4.78 is 5.84. The topological polar surface area (TPSA) is 91.2 Å². The van der Waals surface area contributed by atoms with Gasteiger partial charge in [0.25, 0.3) is 0 Å². The van der Waals surface area contributed by atoms with Crippen LogP contribution >= 0.6 is 0 Å². The quantitative estimate of drug-likeness (QED) is 0.632. The zero-order valence-electron chi connectivity index (χ0n) is 17.7. The van der Waals surface area contributed by atoms with E-state index in [9.17, 15) is 9.59 Å². The fraction of sp³-hybridized carbons (Fsp3) is 0.400. The molecule has 2 N–H and O–H groups in total. The maximum atomic E-state index is 12.4. The highest BCUT2D eigenvalue weighted by molar-refractivity contribution is 5.92. The van der Waals surface area contributed by atoms with Crippen LogP contribution < -0.4 is 15.4 Å². The number of hydrogen-bond acceptors (Lipinski definition) is 4. The third-order valence-electron chi connectivity index (χ3n) is 5.52. The molecule has 6 heteroatoms. The lowest BCUT2D eigenvalue weighted by Gasteiger charge is -2.20. The summed E-state index contributed by atoms with van der Waals surface area (Å²) in [6.07, 6.45) is 5.94. The first-order valence-corrected chi connectivity index (χ1v) is 10.9. The number of amides is 2. The molecule has 162 valence electrons. The van der Waals surface area contributed by atoms with Crippen molar-refractivity contribution in [2.45, 2.75) is 51.6 Å². The van der Waals surface area contributed by atoms with Gasteiger partial charge in [0.2, 0.25) is 11.8 Å². The van der Waals surface area contributed by atoms with Crippen molar-refractivity contribution in [3.63, 3.8) is 0 Å². The van der Waals surface area contributed by atoms with Crippen LogP contribution in [0.15, 0.2) is 48.5 Å². The van der Waals surface area contributed by atoms with Gasteiger partial charge in [-0.15, -0.1) is 0 Å². The normalized spacial score (nSPS) is 13.8. The maximum absolute atomic E-state index is 12.4. The second-order valence-corrected chi connectivity index (χ2v) is 7.85. The molecule has 2 amide bonds. The minimum absolute atomic E-state index is 0.0714. The molecule has 0 heterocycles. The number of nitriles is 1. The Morgan fingerprint density at radius 1 is 1.03 bits per heavy atom. The van der Waals surface area contributed by atoms with Gasteiger partial charge in [-0.2, -0.15) is 5.26 Å². The summed E-state index contributed by atoms with van der Waals surface area (Å²) in [7, 11) is 0. The van der Waals surface area contributed by atoms with Crippen molar-refractivity contribution in [2.24, 2.45) is 5.92 Å². The van der Waals surface area contributed by atoms with E-state index in [0.29, 0.717) is 31.0 Å². The summed E-state index contributed by atoms with van der Waals surface area (Å²) >= 11 is 0. The Kier molecular flexibility index (Phi) is 8.48. The lowest BCUT2D eigenvalue weighted by atomic mass is 9.89. The van der Waals surface area contributed by atoms with Crippen molar-refractivity contribution in [3.05, 3.63) is 59.7 Å². The van der Waals surface area contributed by atoms with E-state index in [1.54, 1.807) is 0 Å². The number of nitrogens with one attached hydrogen (secondary N) is 2.